The summed E-state index contributed by atoms with van der Waals surface area (Å²) in [7, 11) is 0. The molecular weight excluding hydrogens is 287 g/mol. The van der Waals surface area contributed by atoms with Crippen molar-refractivity contribution in [2.75, 3.05) is 18.5 Å². The predicted molar refractivity (Wildman–Crippen MR) is 79.0 cm³/mol. The average molecular weight is 305 g/mol. The second-order valence-corrected chi connectivity index (χ2v) is 5.11. The van der Waals surface area contributed by atoms with Gasteiger partial charge in [0.1, 0.15) is 5.54 Å². The molecular formula is C13H18Cl2N2O2. The number of carbonyl (C=O) groups excluding carboxylic acids is 1. The van der Waals surface area contributed by atoms with Gasteiger partial charge < -0.3 is 15.8 Å². The fourth-order valence-corrected chi connectivity index (χ4v) is 2.11. The van der Waals surface area contributed by atoms with Gasteiger partial charge in [0.15, 0.2) is 0 Å². The monoisotopic (exact) mass is 304 g/mol. The van der Waals surface area contributed by atoms with Crippen LogP contribution in [0.25, 0.3) is 0 Å². The zero-order valence-corrected chi connectivity index (χ0v) is 12.3. The molecule has 0 unspecified atom stereocenters. The largest absolute Gasteiger partial charge is 0.381 e. The third-order valence-electron chi connectivity index (χ3n) is 3.21. The fourth-order valence-electron chi connectivity index (χ4n) is 1.94. The Kier molecular flexibility index (Phi) is 5.62. The lowest BCUT2D eigenvalue weighted by molar-refractivity contribution is -0.124. The van der Waals surface area contributed by atoms with E-state index in [0.29, 0.717) is 36.8 Å². The van der Waals surface area contributed by atoms with E-state index in [1.807, 2.05) is 19.1 Å². The molecule has 0 spiro atoms. The number of carbonyl (C=O) groups is 1. The van der Waals surface area contributed by atoms with Crippen LogP contribution in [0.1, 0.15) is 18.4 Å². The van der Waals surface area contributed by atoms with Gasteiger partial charge in [-0.15, -0.1) is 12.4 Å². The first kappa shape index (κ1) is 16.2. The number of amides is 1. The van der Waals surface area contributed by atoms with Gasteiger partial charge in [-0.05, 0) is 37.5 Å². The summed E-state index contributed by atoms with van der Waals surface area (Å²) < 4.78 is 5.22. The Hall–Kier alpha value is -0.810. The van der Waals surface area contributed by atoms with E-state index in [9.17, 15) is 4.79 Å². The molecule has 0 radical (unpaired) electrons. The zero-order chi connectivity index (χ0) is 13.2. The molecule has 106 valence electrons. The Bertz CT molecular complexity index is 460. The van der Waals surface area contributed by atoms with Crippen molar-refractivity contribution in [1.29, 1.82) is 0 Å². The molecule has 0 bridgehead atoms. The van der Waals surface area contributed by atoms with Crippen LogP contribution >= 0.6 is 24.0 Å². The molecule has 2 rings (SSSR count). The number of hydrogen-bond donors (Lipinski definition) is 2. The van der Waals surface area contributed by atoms with Gasteiger partial charge in [-0.1, -0.05) is 17.7 Å². The molecule has 1 heterocycles. The highest BCUT2D eigenvalue weighted by Gasteiger charge is 2.36. The van der Waals surface area contributed by atoms with Gasteiger partial charge in [0.2, 0.25) is 5.91 Å². The lowest BCUT2D eigenvalue weighted by Crippen LogP contribution is -2.54. The highest BCUT2D eigenvalue weighted by atomic mass is 35.5. The number of nitrogens with one attached hydrogen (secondary N) is 1. The van der Waals surface area contributed by atoms with Crippen LogP contribution in [0.4, 0.5) is 5.69 Å². The van der Waals surface area contributed by atoms with Crippen LogP contribution in [0.3, 0.4) is 0 Å². The Balaban J connectivity index is 0.00000180. The minimum Gasteiger partial charge on any atom is -0.381 e. The number of ether oxygens (including phenoxy) is 1. The van der Waals surface area contributed by atoms with Crippen LogP contribution in [-0.4, -0.2) is 24.7 Å². The second-order valence-electron chi connectivity index (χ2n) is 4.71. The van der Waals surface area contributed by atoms with Gasteiger partial charge in [0.05, 0.1) is 10.7 Å². The van der Waals surface area contributed by atoms with Gasteiger partial charge in [-0.25, -0.2) is 0 Å². The van der Waals surface area contributed by atoms with E-state index in [1.54, 1.807) is 6.07 Å². The SMILES string of the molecule is Cc1ccc(Cl)c(NC(=O)C2(N)CCOCC2)c1.Cl. The lowest BCUT2D eigenvalue weighted by Gasteiger charge is -2.31. The molecule has 1 aliphatic heterocycles. The summed E-state index contributed by atoms with van der Waals surface area (Å²) >= 11 is 6.04. The Labute approximate surface area is 124 Å². The molecule has 4 nitrogen and oxygen atoms in total. The zero-order valence-electron chi connectivity index (χ0n) is 10.7. The van der Waals surface area contributed by atoms with Crippen molar-refractivity contribution in [2.45, 2.75) is 25.3 Å². The number of nitrogens with two attached hydrogens (primary N) is 1. The van der Waals surface area contributed by atoms with Crippen LogP contribution in [-0.2, 0) is 9.53 Å². The van der Waals surface area contributed by atoms with Crippen molar-refractivity contribution in [2.24, 2.45) is 5.73 Å². The van der Waals surface area contributed by atoms with E-state index < -0.39 is 5.54 Å². The van der Waals surface area contributed by atoms with Crippen LogP contribution in [0, 0.1) is 6.92 Å². The number of aryl methyl sites for hydroxylation is 1. The molecule has 1 fully saturated rings. The van der Waals surface area contributed by atoms with Gasteiger partial charge >= 0.3 is 0 Å². The van der Waals surface area contributed by atoms with Crippen LogP contribution in [0.5, 0.6) is 0 Å². The van der Waals surface area contributed by atoms with Gasteiger partial charge in [-0.2, -0.15) is 0 Å². The fraction of sp³-hybridized carbons (Fsp3) is 0.462. The molecule has 1 aromatic rings. The molecule has 19 heavy (non-hydrogen) atoms. The summed E-state index contributed by atoms with van der Waals surface area (Å²) in [5.41, 5.74) is 6.89. The third kappa shape index (κ3) is 3.83. The van der Waals surface area contributed by atoms with Crippen molar-refractivity contribution >= 4 is 35.6 Å². The topological polar surface area (TPSA) is 64.4 Å². The maximum atomic E-state index is 12.2. The van der Waals surface area contributed by atoms with E-state index in [1.165, 1.54) is 0 Å². The summed E-state index contributed by atoms with van der Waals surface area (Å²) in [6.07, 6.45) is 1.06. The number of rotatable bonds is 2. The summed E-state index contributed by atoms with van der Waals surface area (Å²) in [5, 5.41) is 3.33. The minimum atomic E-state index is -0.856. The average Bonchev–Trinajstić information content (AvgIpc) is 2.35. The van der Waals surface area contributed by atoms with Crippen LogP contribution in [0.15, 0.2) is 18.2 Å². The van der Waals surface area contributed by atoms with E-state index in [4.69, 9.17) is 22.1 Å². The molecule has 0 aliphatic carbocycles. The van der Waals surface area contributed by atoms with Gasteiger partial charge in [0, 0.05) is 13.2 Å². The predicted octanol–water partition coefficient (Wildman–Crippen LogP) is 2.52. The number of benzene rings is 1. The Morgan fingerprint density at radius 3 is 2.68 bits per heavy atom. The van der Waals surface area contributed by atoms with Gasteiger partial charge in [0.25, 0.3) is 0 Å². The van der Waals surface area contributed by atoms with E-state index in [2.05, 4.69) is 5.32 Å². The summed E-state index contributed by atoms with van der Waals surface area (Å²) in [6, 6.07) is 5.49. The van der Waals surface area contributed by atoms with E-state index in [0.717, 1.165) is 5.56 Å². The number of anilines is 1. The summed E-state index contributed by atoms with van der Waals surface area (Å²) in [5.74, 6) is -0.196. The minimum absolute atomic E-state index is 0. The quantitative estimate of drug-likeness (QED) is 0.882. The molecule has 0 saturated carbocycles. The Morgan fingerprint density at radius 1 is 1.42 bits per heavy atom. The molecule has 1 aromatic carbocycles. The van der Waals surface area contributed by atoms with Crippen molar-refractivity contribution < 1.29 is 9.53 Å². The lowest BCUT2D eigenvalue weighted by atomic mass is 9.90. The van der Waals surface area contributed by atoms with Crippen molar-refractivity contribution in [3.63, 3.8) is 0 Å². The van der Waals surface area contributed by atoms with Crippen LogP contribution < -0.4 is 11.1 Å². The standard InChI is InChI=1S/C13H17ClN2O2.ClH/c1-9-2-3-10(14)11(8-9)16-12(17)13(15)4-6-18-7-5-13;/h2-3,8H,4-7,15H2,1H3,(H,16,17);1H. The highest BCUT2D eigenvalue weighted by Crippen LogP contribution is 2.25. The molecule has 1 amide bonds. The van der Waals surface area contributed by atoms with Crippen molar-refractivity contribution in [3.8, 4) is 0 Å². The Morgan fingerprint density at radius 2 is 2.05 bits per heavy atom. The third-order valence-corrected chi connectivity index (χ3v) is 3.54. The van der Waals surface area contributed by atoms with E-state index >= 15 is 0 Å². The molecule has 6 heteroatoms. The highest BCUT2D eigenvalue weighted by molar-refractivity contribution is 6.33. The normalized spacial score (nSPS) is 17.4. The second kappa shape index (κ2) is 6.57. The number of hydrogen-bond acceptors (Lipinski definition) is 3. The maximum absolute atomic E-state index is 12.2. The molecule has 1 saturated heterocycles. The first-order valence-corrected chi connectivity index (χ1v) is 6.33. The van der Waals surface area contributed by atoms with E-state index in [-0.39, 0.29) is 18.3 Å². The summed E-state index contributed by atoms with van der Waals surface area (Å²) in [6.45, 7) is 2.98. The molecule has 1 aliphatic rings. The summed E-state index contributed by atoms with van der Waals surface area (Å²) in [4.78, 5) is 12.2. The van der Waals surface area contributed by atoms with Crippen LogP contribution in [0.2, 0.25) is 5.02 Å². The molecule has 3 N–H and O–H groups in total. The van der Waals surface area contributed by atoms with Crippen molar-refractivity contribution in [3.05, 3.63) is 28.8 Å². The first-order valence-electron chi connectivity index (χ1n) is 5.95. The maximum Gasteiger partial charge on any atom is 0.244 e. The van der Waals surface area contributed by atoms with Gasteiger partial charge in [-0.3, -0.25) is 4.79 Å². The molecule has 0 aromatic heterocycles. The molecule has 0 atom stereocenters. The number of halogens is 2. The smallest absolute Gasteiger partial charge is 0.244 e. The van der Waals surface area contributed by atoms with Crippen molar-refractivity contribution in [1.82, 2.24) is 0 Å². The first-order chi connectivity index (χ1) is 8.51.